The molecule has 1 saturated carbocycles. The normalized spacial score (nSPS) is 10.9. The summed E-state index contributed by atoms with van der Waals surface area (Å²) in [6.07, 6.45) is 10.2. The molecule has 0 heterocycles. The molecule has 112 valence electrons. The Labute approximate surface area is 115 Å². The van der Waals surface area contributed by atoms with Crippen molar-refractivity contribution in [1.29, 1.82) is 0 Å². The average molecular weight is 249 g/mol. The molecule has 1 aliphatic carbocycles. The fourth-order valence-corrected chi connectivity index (χ4v) is 1.06. The third-order valence-corrected chi connectivity index (χ3v) is 1.50. The average Bonchev–Trinajstić information content (AvgIpc) is 2.50. The molecule has 0 N–H and O–H groups in total. The van der Waals surface area contributed by atoms with Crippen LogP contribution in [0.2, 0.25) is 0 Å². The van der Waals surface area contributed by atoms with E-state index >= 15 is 0 Å². The predicted molar refractivity (Wildman–Crippen MR) is 89.1 cm³/mol. The fraction of sp³-hybridized carbons (Fsp3) is 1.00. The monoisotopic (exact) mass is 248 g/mol. The van der Waals surface area contributed by atoms with Gasteiger partial charge in [-0.15, -0.1) is 0 Å². The highest BCUT2D eigenvalue weighted by Gasteiger charge is 1.95. The van der Waals surface area contributed by atoms with E-state index in [1.165, 1.54) is 44.9 Å². The van der Waals surface area contributed by atoms with Crippen LogP contribution in [-0.2, 0) is 0 Å². The molecule has 0 radical (unpaired) electrons. The molecule has 0 unspecified atom stereocenters. The van der Waals surface area contributed by atoms with E-state index in [2.05, 4.69) is 13.8 Å². The van der Waals surface area contributed by atoms with Gasteiger partial charge < -0.3 is 0 Å². The van der Waals surface area contributed by atoms with Gasteiger partial charge in [-0.25, -0.2) is 0 Å². The molecule has 0 heteroatoms. The Kier molecular flexibility index (Phi) is 131. The Morgan fingerprint density at radius 3 is 0.529 bits per heavy atom. The van der Waals surface area contributed by atoms with Gasteiger partial charge in [0, 0.05) is 0 Å². The second kappa shape index (κ2) is 73.5. The third-order valence-electron chi connectivity index (χ3n) is 1.50. The summed E-state index contributed by atoms with van der Waals surface area (Å²) in [5.74, 6) is 0. The lowest BCUT2D eigenvalue weighted by Gasteiger charge is -2.05. The first-order chi connectivity index (χ1) is 8.41. The van der Waals surface area contributed by atoms with Crippen LogP contribution in [0.4, 0.5) is 0 Å². The maximum Gasteiger partial charge on any atom is -0.0533 e. The van der Waals surface area contributed by atoms with Crippen molar-refractivity contribution in [2.45, 2.75) is 114 Å². The zero-order valence-corrected chi connectivity index (χ0v) is 14.9. The predicted octanol–water partition coefficient (Wildman–Crippen LogP) is 7.86. The van der Waals surface area contributed by atoms with E-state index in [0.717, 1.165) is 0 Å². The molecule has 1 rings (SSSR count). The van der Waals surface area contributed by atoms with E-state index in [4.69, 9.17) is 0 Å². The molecule has 0 amide bonds. The quantitative estimate of drug-likeness (QED) is 0.409. The Hall–Kier alpha value is 0. The maximum atomic E-state index is 2.12. The number of hydrogen-bond donors (Lipinski definition) is 0. The van der Waals surface area contributed by atoms with Crippen molar-refractivity contribution in [2.75, 3.05) is 0 Å². The summed E-state index contributed by atoms with van der Waals surface area (Å²) < 4.78 is 0. The summed E-state index contributed by atoms with van der Waals surface area (Å²) in [7, 11) is 0. The van der Waals surface area contributed by atoms with Crippen molar-refractivity contribution < 1.29 is 0 Å². The zero-order valence-electron chi connectivity index (χ0n) is 14.9. The summed E-state index contributed by atoms with van der Waals surface area (Å²) in [6, 6.07) is 0. The maximum absolute atomic E-state index is 2.12. The largest absolute Gasteiger partial charge is 0.0683 e. The molecule has 0 spiro atoms. The molecule has 17 heavy (non-hydrogen) atoms. The molecule has 0 bridgehead atoms. The Morgan fingerprint density at radius 2 is 0.471 bits per heavy atom. The molecular weight excluding hydrogens is 204 g/mol. The van der Waals surface area contributed by atoms with Gasteiger partial charge in [0.05, 0.1) is 0 Å². The first kappa shape index (κ1) is 30.2. The summed E-state index contributed by atoms with van der Waals surface area (Å²) in [5.41, 5.74) is 0. The van der Waals surface area contributed by atoms with Crippen molar-refractivity contribution in [2.24, 2.45) is 0 Å². The van der Waals surface area contributed by atoms with Gasteiger partial charge in [-0.05, 0) is 0 Å². The summed E-state index contributed by atoms with van der Waals surface area (Å²) >= 11 is 0. The van der Waals surface area contributed by atoms with Gasteiger partial charge in [0.2, 0.25) is 0 Å². The Morgan fingerprint density at radius 1 is 0.412 bits per heavy atom. The summed E-state index contributed by atoms with van der Waals surface area (Å²) in [6.45, 7) is 20.2. The SMILES string of the molecule is C1CCCCC1.CC.CC.CC.CC.CCC. The van der Waals surface area contributed by atoms with Crippen molar-refractivity contribution >= 4 is 0 Å². The van der Waals surface area contributed by atoms with E-state index in [1.807, 2.05) is 55.4 Å². The summed E-state index contributed by atoms with van der Waals surface area (Å²) in [5, 5.41) is 0. The lowest BCUT2D eigenvalue weighted by Crippen LogP contribution is -1.85. The van der Waals surface area contributed by atoms with E-state index in [9.17, 15) is 0 Å². The molecule has 1 aliphatic rings. The van der Waals surface area contributed by atoms with Gasteiger partial charge in [-0.1, -0.05) is 114 Å². The molecule has 0 aromatic carbocycles. The number of rotatable bonds is 0. The van der Waals surface area contributed by atoms with Crippen LogP contribution in [0.15, 0.2) is 0 Å². The summed E-state index contributed by atoms with van der Waals surface area (Å²) in [4.78, 5) is 0. The molecule has 0 aromatic heterocycles. The van der Waals surface area contributed by atoms with Crippen molar-refractivity contribution in [3.63, 3.8) is 0 Å². The number of hydrogen-bond acceptors (Lipinski definition) is 0. The van der Waals surface area contributed by atoms with Crippen molar-refractivity contribution in [3.05, 3.63) is 0 Å². The second-order valence-electron chi connectivity index (χ2n) is 2.83. The molecule has 0 nitrogen and oxygen atoms in total. The Bertz CT molecular complexity index is 23.8. The van der Waals surface area contributed by atoms with E-state index in [-0.39, 0.29) is 0 Å². The fourth-order valence-electron chi connectivity index (χ4n) is 1.06. The van der Waals surface area contributed by atoms with Crippen LogP contribution in [0, 0.1) is 0 Å². The van der Waals surface area contributed by atoms with Crippen molar-refractivity contribution in [3.8, 4) is 0 Å². The van der Waals surface area contributed by atoms with Gasteiger partial charge in [0.25, 0.3) is 0 Å². The first-order valence-corrected chi connectivity index (χ1v) is 8.41. The van der Waals surface area contributed by atoms with E-state index in [1.54, 1.807) is 0 Å². The lowest BCUT2D eigenvalue weighted by atomic mass is 10.0. The standard InChI is InChI=1S/C6H12.C3H8.4C2H6/c1-2-4-6-5-3-1;1-3-2;4*1-2/h1-6H2;3H2,1-2H3;4*1-2H3. The first-order valence-electron chi connectivity index (χ1n) is 8.41. The molecular formula is C17H44. The van der Waals surface area contributed by atoms with E-state index < -0.39 is 0 Å². The molecule has 1 fully saturated rings. The van der Waals surface area contributed by atoms with Gasteiger partial charge in [0.1, 0.15) is 0 Å². The highest BCUT2D eigenvalue weighted by atomic mass is 14.0. The smallest absolute Gasteiger partial charge is 0.0533 e. The minimum absolute atomic E-state index is 1.25. The van der Waals surface area contributed by atoms with Crippen LogP contribution in [-0.4, -0.2) is 0 Å². The minimum Gasteiger partial charge on any atom is -0.0683 e. The highest BCUT2D eigenvalue weighted by molar-refractivity contribution is 4.51. The van der Waals surface area contributed by atoms with Crippen LogP contribution in [0.3, 0.4) is 0 Å². The van der Waals surface area contributed by atoms with E-state index in [0.29, 0.717) is 0 Å². The lowest BCUT2D eigenvalue weighted by molar-refractivity contribution is 0.504. The van der Waals surface area contributed by atoms with Crippen molar-refractivity contribution in [1.82, 2.24) is 0 Å². The van der Waals surface area contributed by atoms with Gasteiger partial charge in [-0.3, -0.25) is 0 Å². The van der Waals surface area contributed by atoms with Crippen LogP contribution in [0.1, 0.15) is 114 Å². The van der Waals surface area contributed by atoms with Gasteiger partial charge in [0.15, 0.2) is 0 Å². The van der Waals surface area contributed by atoms with Crippen LogP contribution >= 0.6 is 0 Å². The Balaban J connectivity index is -0.0000000382. The third kappa shape index (κ3) is 87.1. The van der Waals surface area contributed by atoms with Crippen LogP contribution in [0.5, 0.6) is 0 Å². The highest BCUT2D eigenvalue weighted by Crippen LogP contribution is 2.15. The van der Waals surface area contributed by atoms with Gasteiger partial charge >= 0.3 is 0 Å². The molecule has 0 aliphatic heterocycles. The molecule has 0 atom stereocenters. The zero-order chi connectivity index (χ0) is 14.9. The minimum atomic E-state index is 1.25. The molecule has 0 aromatic rings. The molecule has 0 saturated heterocycles. The van der Waals surface area contributed by atoms with Gasteiger partial charge in [-0.2, -0.15) is 0 Å². The second-order valence-corrected chi connectivity index (χ2v) is 2.83. The van der Waals surface area contributed by atoms with Crippen LogP contribution in [0.25, 0.3) is 0 Å². The topological polar surface area (TPSA) is 0 Å². The van der Waals surface area contributed by atoms with Crippen LogP contribution < -0.4 is 0 Å².